The first-order valence-corrected chi connectivity index (χ1v) is 6.96. The molecule has 19 heavy (non-hydrogen) atoms. The fraction of sp³-hybridized carbons (Fsp3) is 0.600. The van der Waals surface area contributed by atoms with Crippen LogP contribution in [0.25, 0.3) is 0 Å². The van der Waals surface area contributed by atoms with Gasteiger partial charge in [0.15, 0.2) is 11.6 Å². The highest BCUT2D eigenvalue weighted by Gasteiger charge is 2.43. The van der Waals surface area contributed by atoms with Gasteiger partial charge >= 0.3 is 0 Å². The standard InChI is InChI=1S/C15H21FN2O/c1-15(11-3-4-11)10-18(8-7-17-15)12-5-6-13(16)14(9-12)19-2/h5-6,9,11,17H,3-4,7-8,10H2,1-2H3. The van der Waals surface area contributed by atoms with Crippen LogP contribution in [0, 0.1) is 11.7 Å². The summed E-state index contributed by atoms with van der Waals surface area (Å²) < 4.78 is 18.5. The van der Waals surface area contributed by atoms with Gasteiger partial charge < -0.3 is 15.0 Å². The number of hydrogen-bond acceptors (Lipinski definition) is 3. The van der Waals surface area contributed by atoms with Crippen molar-refractivity contribution in [3.8, 4) is 5.75 Å². The Bertz CT molecular complexity index is 475. The fourth-order valence-corrected chi connectivity index (χ4v) is 3.07. The van der Waals surface area contributed by atoms with Crippen LogP contribution in [-0.4, -0.2) is 32.3 Å². The predicted molar refractivity (Wildman–Crippen MR) is 74.3 cm³/mol. The number of hydrogen-bond donors (Lipinski definition) is 1. The highest BCUT2D eigenvalue weighted by Crippen LogP contribution is 2.41. The Balaban J connectivity index is 1.81. The normalized spacial score (nSPS) is 27.4. The minimum Gasteiger partial charge on any atom is -0.494 e. The van der Waals surface area contributed by atoms with E-state index in [1.54, 1.807) is 6.07 Å². The number of anilines is 1. The third-order valence-corrected chi connectivity index (χ3v) is 4.41. The number of rotatable bonds is 3. The van der Waals surface area contributed by atoms with Gasteiger partial charge in [-0.05, 0) is 37.8 Å². The second kappa shape index (κ2) is 4.67. The van der Waals surface area contributed by atoms with Gasteiger partial charge in [-0.2, -0.15) is 0 Å². The lowest BCUT2D eigenvalue weighted by Crippen LogP contribution is -2.60. The zero-order chi connectivity index (χ0) is 13.5. The molecule has 1 heterocycles. The van der Waals surface area contributed by atoms with Gasteiger partial charge in [-0.25, -0.2) is 4.39 Å². The molecule has 1 aliphatic heterocycles. The summed E-state index contributed by atoms with van der Waals surface area (Å²) in [5.41, 5.74) is 1.24. The van der Waals surface area contributed by atoms with Crippen molar-refractivity contribution in [2.75, 3.05) is 31.6 Å². The van der Waals surface area contributed by atoms with Crippen LogP contribution < -0.4 is 15.0 Å². The quantitative estimate of drug-likeness (QED) is 0.907. The van der Waals surface area contributed by atoms with Crippen molar-refractivity contribution in [3.05, 3.63) is 24.0 Å². The molecule has 1 unspecified atom stereocenters. The molecule has 1 N–H and O–H groups in total. The predicted octanol–water partition coefficient (Wildman–Crippen LogP) is 2.41. The van der Waals surface area contributed by atoms with Gasteiger partial charge in [0.2, 0.25) is 0 Å². The van der Waals surface area contributed by atoms with Crippen molar-refractivity contribution < 1.29 is 9.13 Å². The topological polar surface area (TPSA) is 24.5 Å². The number of nitrogens with one attached hydrogen (secondary N) is 1. The first kappa shape index (κ1) is 12.7. The monoisotopic (exact) mass is 264 g/mol. The fourth-order valence-electron chi connectivity index (χ4n) is 3.07. The maximum Gasteiger partial charge on any atom is 0.165 e. The largest absolute Gasteiger partial charge is 0.494 e. The average Bonchev–Trinajstić information content (AvgIpc) is 3.24. The van der Waals surface area contributed by atoms with E-state index in [0.29, 0.717) is 5.75 Å². The molecule has 1 aromatic rings. The summed E-state index contributed by atoms with van der Waals surface area (Å²) >= 11 is 0. The zero-order valence-corrected chi connectivity index (χ0v) is 11.6. The molecule has 0 amide bonds. The number of halogens is 1. The Labute approximate surface area is 113 Å². The van der Waals surface area contributed by atoms with Crippen molar-refractivity contribution in [1.82, 2.24) is 5.32 Å². The Kier molecular flexibility index (Phi) is 3.13. The molecule has 3 rings (SSSR count). The van der Waals surface area contributed by atoms with E-state index in [0.717, 1.165) is 31.2 Å². The number of nitrogens with zero attached hydrogens (tertiary/aromatic N) is 1. The maximum absolute atomic E-state index is 13.5. The molecule has 2 aliphatic rings. The maximum atomic E-state index is 13.5. The van der Waals surface area contributed by atoms with E-state index in [4.69, 9.17) is 4.74 Å². The van der Waals surface area contributed by atoms with Crippen LogP contribution in [0.4, 0.5) is 10.1 Å². The van der Waals surface area contributed by atoms with Crippen LogP contribution in [0.5, 0.6) is 5.75 Å². The molecule has 1 aromatic carbocycles. The summed E-state index contributed by atoms with van der Waals surface area (Å²) in [7, 11) is 1.51. The molecule has 1 atom stereocenters. The lowest BCUT2D eigenvalue weighted by Gasteiger charge is -2.43. The van der Waals surface area contributed by atoms with Crippen LogP contribution in [0.15, 0.2) is 18.2 Å². The van der Waals surface area contributed by atoms with Crippen molar-refractivity contribution in [3.63, 3.8) is 0 Å². The van der Waals surface area contributed by atoms with Crippen LogP contribution in [0.3, 0.4) is 0 Å². The van der Waals surface area contributed by atoms with Crippen LogP contribution in [-0.2, 0) is 0 Å². The van der Waals surface area contributed by atoms with Crippen molar-refractivity contribution >= 4 is 5.69 Å². The Morgan fingerprint density at radius 3 is 2.89 bits per heavy atom. The Hall–Kier alpha value is -1.29. The molecule has 3 nitrogen and oxygen atoms in total. The number of methoxy groups -OCH3 is 1. The van der Waals surface area contributed by atoms with E-state index in [1.165, 1.54) is 26.0 Å². The van der Waals surface area contributed by atoms with E-state index >= 15 is 0 Å². The summed E-state index contributed by atoms with van der Waals surface area (Å²) in [6, 6.07) is 5.13. The molecule has 4 heteroatoms. The smallest absolute Gasteiger partial charge is 0.165 e. The minimum absolute atomic E-state index is 0.194. The second-order valence-corrected chi connectivity index (χ2v) is 5.86. The molecule has 0 radical (unpaired) electrons. The number of piperazine rings is 1. The molecule has 1 saturated carbocycles. The van der Waals surface area contributed by atoms with Crippen LogP contribution in [0.1, 0.15) is 19.8 Å². The molecule has 104 valence electrons. The minimum atomic E-state index is -0.300. The second-order valence-electron chi connectivity index (χ2n) is 5.86. The van der Waals surface area contributed by atoms with Crippen molar-refractivity contribution in [2.45, 2.75) is 25.3 Å². The summed E-state index contributed by atoms with van der Waals surface area (Å²) in [5.74, 6) is 0.813. The van der Waals surface area contributed by atoms with Gasteiger partial charge in [-0.3, -0.25) is 0 Å². The van der Waals surface area contributed by atoms with E-state index in [9.17, 15) is 4.39 Å². The van der Waals surface area contributed by atoms with E-state index in [1.807, 2.05) is 6.07 Å². The first-order chi connectivity index (χ1) is 9.12. The van der Waals surface area contributed by atoms with Gasteiger partial charge in [0.25, 0.3) is 0 Å². The van der Waals surface area contributed by atoms with Crippen molar-refractivity contribution in [1.29, 1.82) is 0 Å². The van der Waals surface area contributed by atoms with Gasteiger partial charge in [-0.15, -0.1) is 0 Å². The third kappa shape index (κ3) is 2.41. The lowest BCUT2D eigenvalue weighted by atomic mass is 9.92. The van der Waals surface area contributed by atoms with Crippen molar-refractivity contribution in [2.24, 2.45) is 5.92 Å². The zero-order valence-electron chi connectivity index (χ0n) is 11.6. The molecule has 0 bridgehead atoms. The number of benzene rings is 1. The summed E-state index contributed by atoms with van der Waals surface area (Å²) in [6.45, 7) is 5.22. The van der Waals surface area contributed by atoms with E-state index in [-0.39, 0.29) is 11.4 Å². The van der Waals surface area contributed by atoms with E-state index in [2.05, 4.69) is 17.1 Å². The molecule has 0 aromatic heterocycles. The number of ether oxygens (including phenoxy) is 1. The summed E-state index contributed by atoms with van der Waals surface area (Å²) in [4.78, 5) is 2.33. The van der Waals surface area contributed by atoms with Gasteiger partial charge in [-0.1, -0.05) is 0 Å². The molecule has 0 spiro atoms. The molecule has 1 saturated heterocycles. The molecular weight excluding hydrogens is 243 g/mol. The summed E-state index contributed by atoms with van der Waals surface area (Å²) in [6.07, 6.45) is 2.65. The van der Waals surface area contributed by atoms with Gasteiger partial charge in [0, 0.05) is 36.9 Å². The Morgan fingerprint density at radius 2 is 2.21 bits per heavy atom. The first-order valence-electron chi connectivity index (χ1n) is 6.96. The van der Waals surface area contributed by atoms with Gasteiger partial charge in [0.05, 0.1) is 7.11 Å². The molecular formula is C15H21FN2O. The Morgan fingerprint density at radius 1 is 1.42 bits per heavy atom. The average molecular weight is 264 g/mol. The highest BCUT2D eigenvalue weighted by atomic mass is 19.1. The molecule has 1 aliphatic carbocycles. The lowest BCUT2D eigenvalue weighted by molar-refractivity contribution is 0.285. The highest BCUT2D eigenvalue weighted by molar-refractivity contribution is 5.52. The van der Waals surface area contributed by atoms with Crippen LogP contribution in [0.2, 0.25) is 0 Å². The van der Waals surface area contributed by atoms with E-state index < -0.39 is 0 Å². The summed E-state index contributed by atoms with van der Waals surface area (Å²) in [5, 5.41) is 3.65. The third-order valence-electron chi connectivity index (χ3n) is 4.41. The SMILES string of the molecule is COc1cc(N2CCNC(C)(C3CC3)C2)ccc1F. The molecule has 2 fully saturated rings. The van der Waals surface area contributed by atoms with Crippen LogP contribution >= 0.6 is 0 Å². The van der Waals surface area contributed by atoms with Gasteiger partial charge in [0.1, 0.15) is 0 Å².